The lowest BCUT2D eigenvalue weighted by molar-refractivity contribution is 0.294. The number of aromatic nitrogens is 2. The van der Waals surface area contributed by atoms with E-state index in [-0.39, 0.29) is 0 Å². The summed E-state index contributed by atoms with van der Waals surface area (Å²) in [4.78, 5) is 4.90. The van der Waals surface area contributed by atoms with Gasteiger partial charge in [0.15, 0.2) is 5.82 Å². The summed E-state index contributed by atoms with van der Waals surface area (Å²) < 4.78 is 0. The molecule has 0 spiro atoms. The maximum Gasteiger partial charge on any atom is 0.151 e. The number of nitrogens with zero attached hydrogens (tertiary/aromatic N) is 4. The Morgan fingerprint density at radius 3 is 2.72 bits per heavy atom. The van der Waals surface area contributed by atoms with Gasteiger partial charge in [-0.3, -0.25) is 0 Å². The van der Waals surface area contributed by atoms with E-state index in [1.807, 2.05) is 6.26 Å². The zero-order chi connectivity index (χ0) is 12.8. The van der Waals surface area contributed by atoms with Gasteiger partial charge in [0.1, 0.15) is 5.03 Å². The molecule has 5 heteroatoms. The maximum atomic E-state index is 4.32. The SMILES string of the molecule is CCCN1CCCN(c2ccc(SC)nn2)CC1. The second-order valence-corrected chi connectivity index (χ2v) is 5.44. The molecule has 0 unspecified atom stereocenters. The Labute approximate surface area is 114 Å². The first-order valence-corrected chi connectivity index (χ1v) is 7.91. The molecule has 0 aromatic carbocycles. The summed E-state index contributed by atoms with van der Waals surface area (Å²) >= 11 is 1.63. The van der Waals surface area contributed by atoms with Crippen molar-refractivity contribution in [3.8, 4) is 0 Å². The van der Waals surface area contributed by atoms with E-state index in [0.29, 0.717) is 0 Å². The lowest BCUT2D eigenvalue weighted by atomic mass is 10.3. The van der Waals surface area contributed by atoms with Crippen molar-refractivity contribution in [1.82, 2.24) is 15.1 Å². The molecule has 0 aliphatic carbocycles. The van der Waals surface area contributed by atoms with Gasteiger partial charge in [0, 0.05) is 19.6 Å². The highest BCUT2D eigenvalue weighted by Crippen LogP contribution is 2.16. The molecule has 18 heavy (non-hydrogen) atoms. The first-order valence-electron chi connectivity index (χ1n) is 6.68. The summed E-state index contributed by atoms with van der Waals surface area (Å²) in [5.41, 5.74) is 0. The molecule has 2 heterocycles. The van der Waals surface area contributed by atoms with Crippen LogP contribution >= 0.6 is 11.8 Å². The van der Waals surface area contributed by atoms with Crippen LogP contribution in [0.4, 0.5) is 5.82 Å². The predicted octanol–water partition coefficient (Wildman–Crippen LogP) is 2.12. The van der Waals surface area contributed by atoms with Crippen molar-refractivity contribution in [3.63, 3.8) is 0 Å². The molecule has 1 aliphatic rings. The number of hydrogen-bond acceptors (Lipinski definition) is 5. The fourth-order valence-corrected chi connectivity index (χ4v) is 2.66. The lowest BCUT2D eigenvalue weighted by Crippen LogP contribution is -2.31. The van der Waals surface area contributed by atoms with E-state index in [9.17, 15) is 0 Å². The van der Waals surface area contributed by atoms with E-state index in [2.05, 4.69) is 39.1 Å². The van der Waals surface area contributed by atoms with E-state index in [0.717, 1.165) is 30.5 Å². The van der Waals surface area contributed by atoms with E-state index in [1.165, 1.54) is 25.9 Å². The zero-order valence-corrected chi connectivity index (χ0v) is 12.1. The average molecular weight is 266 g/mol. The molecule has 4 nitrogen and oxygen atoms in total. The van der Waals surface area contributed by atoms with Gasteiger partial charge in [-0.05, 0) is 44.3 Å². The van der Waals surface area contributed by atoms with Crippen LogP contribution < -0.4 is 4.90 Å². The Morgan fingerprint density at radius 1 is 1.17 bits per heavy atom. The third-order valence-corrected chi connectivity index (χ3v) is 3.92. The summed E-state index contributed by atoms with van der Waals surface area (Å²) in [5.74, 6) is 1.02. The van der Waals surface area contributed by atoms with Gasteiger partial charge in [0.2, 0.25) is 0 Å². The zero-order valence-electron chi connectivity index (χ0n) is 11.3. The topological polar surface area (TPSA) is 32.3 Å². The Bertz CT molecular complexity index is 355. The van der Waals surface area contributed by atoms with Crippen LogP contribution in [0.3, 0.4) is 0 Å². The summed E-state index contributed by atoms with van der Waals surface area (Å²) in [6, 6.07) is 4.15. The molecule has 1 aliphatic heterocycles. The smallest absolute Gasteiger partial charge is 0.151 e. The number of hydrogen-bond donors (Lipinski definition) is 0. The molecular formula is C13H22N4S. The van der Waals surface area contributed by atoms with Crippen molar-refractivity contribution in [3.05, 3.63) is 12.1 Å². The van der Waals surface area contributed by atoms with Crippen LogP contribution in [0.1, 0.15) is 19.8 Å². The molecule has 1 aromatic heterocycles. The molecular weight excluding hydrogens is 244 g/mol. The third-order valence-electron chi connectivity index (χ3n) is 3.29. The van der Waals surface area contributed by atoms with Crippen molar-refractivity contribution in [1.29, 1.82) is 0 Å². The molecule has 0 amide bonds. The summed E-state index contributed by atoms with van der Waals surface area (Å²) in [7, 11) is 0. The van der Waals surface area contributed by atoms with Gasteiger partial charge in [-0.1, -0.05) is 6.92 Å². The second-order valence-electron chi connectivity index (χ2n) is 4.62. The Balaban J connectivity index is 1.96. The van der Waals surface area contributed by atoms with Crippen molar-refractivity contribution in [2.45, 2.75) is 24.8 Å². The molecule has 0 bridgehead atoms. The van der Waals surface area contributed by atoms with Crippen molar-refractivity contribution in [2.75, 3.05) is 43.9 Å². The average Bonchev–Trinajstić information content (AvgIpc) is 2.65. The van der Waals surface area contributed by atoms with E-state index >= 15 is 0 Å². The third kappa shape index (κ3) is 3.59. The first-order chi connectivity index (χ1) is 8.83. The minimum atomic E-state index is 0.987. The number of thioether (sulfide) groups is 1. The van der Waals surface area contributed by atoms with Crippen molar-refractivity contribution in [2.24, 2.45) is 0 Å². The highest BCUT2D eigenvalue weighted by Gasteiger charge is 2.15. The van der Waals surface area contributed by atoms with Crippen LogP contribution in [0, 0.1) is 0 Å². The van der Waals surface area contributed by atoms with Gasteiger partial charge in [-0.2, -0.15) is 0 Å². The van der Waals surface area contributed by atoms with Crippen LogP contribution in [0.25, 0.3) is 0 Å². The number of rotatable bonds is 4. The van der Waals surface area contributed by atoms with Gasteiger partial charge >= 0.3 is 0 Å². The van der Waals surface area contributed by atoms with E-state index in [4.69, 9.17) is 0 Å². The summed E-state index contributed by atoms with van der Waals surface area (Å²) in [5, 5.41) is 9.53. The normalized spacial score (nSPS) is 17.8. The fourth-order valence-electron chi connectivity index (χ4n) is 2.33. The Hall–Kier alpha value is -0.810. The van der Waals surface area contributed by atoms with Crippen LogP contribution in [-0.2, 0) is 0 Å². The van der Waals surface area contributed by atoms with Gasteiger partial charge in [0.25, 0.3) is 0 Å². The molecule has 0 radical (unpaired) electrons. The first kappa shape index (κ1) is 13.6. The summed E-state index contributed by atoms with van der Waals surface area (Å²) in [6.07, 6.45) is 4.48. The number of anilines is 1. The van der Waals surface area contributed by atoms with Gasteiger partial charge < -0.3 is 9.80 Å². The highest BCUT2D eigenvalue weighted by atomic mass is 32.2. The quantitative estimate of drug-likeness (QED) is 0.780. The summed E-state index contributed by atoms with van der Waals surface area (Å²) in [6.45, 7) is 7.96. The standard InChI is InChI=1S/C13H22N4S/c1-3-7-16-8-4-9-17(11-10-16)12-5-6-13(18-2)15-14-12/h5-6H,3-4,7-11H2,1-2H3. The highest BCUT2D eigenvalue weighted by molar-refractivity contribution is 7.98. The second kappa shape index (κ2) is 6.95. The maximum absolute atomic E-state index is 4.32. The Morgan fingerprint density at radius 2 is 2.06 bits per heavy atom. The van der Waals surface area contributed by atoms with Crippen LogP contribution in [0.5, 0.6) is 0 Å². The van der Waals surface area contributed by atoms with Gasteiger partial charge in [-0.25, -0.2) is 0 Å². The Kier molecular flexibility index (Phi) is 5.26. The molecule has 1 aromatic rings. The minimum absolute atomic E-state index is 0.987. The van der Waals surface area contributed by atoms with E-state index < -0.39 is 0 Å². The molecule has 100 valence electrons. The van der Waals surface area contributed by atoms with Gasteiger partial charge in [0.05, 0.1) is 0 Å². The predicted molar refractivity (Wildman–Crippen MR) is 77.4 cm³/mol. The molecule has 1 saturated heterocycles. The van der Waals surface area contributed by atoms with Crippen LogP contribution in [-0.4, -0.2) is 54.1 Å². The molecule has 1 fully saturated rings. The molecule has 0 N–H and O–H groups in total. The van der Waals surface area contributed by atoms with Gasteiger partial charge in [-0.15, -0.1) is 22.0 Å². The van der Waals surface area contributed by atoms with Crippen molar-refractivity contribution < 1.29 is 0 Å². The monoisotopic (exact) mass is 266 g/mol. The minimum Gasteiger partial charge on any atom is -0.354 e. The van der Waals surface area contributed by atoms with Crippen LogP contribution in [0.2, 0.25) is 0 Å². The fraction of sp³-hybridized carbons (Fsp3) is 0.692. The molecule has 2 rings (SSSR count). The van der Waals surface area contributed by atoms with Crippen molar-refractivity contribution >= 4 is 17.6 Å². The molecule has 0 saturated carbocycles. The molecule has 0 atom stereocenters. The largest absolute Gasteiger partial charge is 0.354 e. The lowest BCUT2D eigenvalue weighted by Gasteiger charge is -2.22. The van der Waals surface area contributed by atoms with Crippen LogP contribution in [0.15, 0.2) is 17.2 Å². The van der Waals surface area contributed by atoms with E-state index in [1.54, 1.807) is 11.8 Å².